The second-order valence-corrected chi connectivity index (χ2v) is 3.42. The summed E-state index contributed by atoms with van der Waals surface area (Å²) in [5, 5.41) is 4.04. The Morgan fingerprint density at radius 2 is 2.54 bits per heavy atom. The lowest BCUT2D eigenvalue weighted by atomic mass is 10.2. The van der Waals surface area contributed by atoms with Crippen LogP contribution in [-0.4, -0.2) is 24.7 Å². The fraction of sp³-hybridized carbons (Fsp3) is 0.444. The van der Waals surface area contributed by atoms with Crippen molar-refractivity contribution in [3.8, 4) is 0 Å². The first-order valence-electron chi connectivity index (χ1n) is 4.29. The van der Waals surface area contributed by atoms with Crippen molar-refractivity contribution in [2.75, 3.05) is 19.8 Å². The molecule has 2 rings (SSSR count). The molecule has 1 fully saturated rings. The van der Waals surface area contributed by atoms with E-state index in [9.17, 15) is 0 Å². The van der Waals surface area contributed by atoms with E-state index in [-0.39, 0.29) is 6.04 Å². The SMILES string of the molecule is Clc1ccnc(C2COCCN2)c1. The largest absolute Gasteiger partial charge is 0.378 e. The predicted octanol–water partition coefficient (Wildman–Crippen LogP) is 1.40. The number of hydrogen-bond donors (Lipinski definition) is 1. The number of pyridine rings is 1. The van der Waals surface area contributed by atoms with Crippen LogP contribution in [0.25, 0.3) is 0 Å². The van der Waals surface area contributed by atoms with Crippen LogP contribution in [0.5, 0.6) is 0 Å². The van der Waals surface area contributed by atoms with Gasteiger partial charge < -0.3 is 10.1 Å². The van der Waals surface area contributed by atoms with Gasteiger partial charge in [0.05, 0.1) is 24.9 Å². The van der Waals surface area contributed by atoms with Gasteiger partial charge in [-0.1, -0.05) is 11.6 Å². The van der Waals surface area contributed by atoms with E-state index in [2.05, 4.69) is 10.3 Å². The molecule has 1 aromatic heterocycles. The van der Waals surface area contributed by atoms with E-state index in [4.69, 9.17) is 16.3 Å². The van der Waals surface area contributed by atoms with E-state index >= 15 is 0 Å². The second-order valence-electron chi connectivity index (χ2n) is 2.98. The summed E-state index contributed by atoms with van der Waals surface area (Å²) in [6.45, 7) is 2.32. The molecule has 1 aliphatic rings. The first kappa shape index (κ1) is 8.94. The monoisotopic (exact) mass is 198 g/mol. The molecule has 0 amide bonds. The van der Waals surface area contributed by atoms with Crippen molar-refractivity contribution in [3.05, 3.63) is 29.0 Å². The van der Waals surface area contributed by atoms with Crippen LogP contribution >= 0.6 is 11.6 Å². The summed E-state index contributed by atoms with van der Waals surface area (Å²) in [6.07, 6.45) is 1.72. The Morgan fingerprint density at radius 3 is 3.23 bits per heavy atom. The zero-order valence-corrected chi connectivity index (χ0v) is 7.92. The predicted molar refractivity (Wildman–Crippen MR) is 50.8 cm³/mol. The number of ether oxygens (including phenoxy) is 1. The molecule has 1 aromatic rings. The van der Waals surface area contributed by atoms with E-state index < -0.39 is 0 Å². The van der Waals surface area contributed by atoms with Crippen molar-refractivity contribution in [1.29, 1.82) is 0 Å². The summed E-state index contributed by atoms with van der Waals surface area (Å²) in [5.41, 5.74) is 0.951. The summed E-state index contributed by atoms with van der Waals surface area (Å²) >= 11 is 5.86. The third kappa shape index (κ3) is 2.18. The van der Waals surface area contributed by atoms with Crippen molar-refractivity contribution < 1.29 is 4.74 Å². The molecule has 0 saturated carbocycles. The highest BCUT2D eigenvalue weighted by Gasteiger charge is 2.16. The minimum Gasteiger partial charge on any atom is -0.378 e. The summed E-state index contributed by atoms with van der Waals surface area (Å²) < 4.78 is 5.33. The molecular formula is C9H11ClN2O. The molecule has 1 aliphatic heterocycles. The highest BCUT2D eigenvalue weighted by Crippen LogP contribution is 2.16. The van der Waals surface area contributed by atoms with Gasteiger partial charge in [-0.25, -0.2) is 0 Å². The molecule has 3 nitrogen and oxygen atoms in total. The van der Waals surface area contributed by atoms with Gasteiger partial charge in [0, 0.05) is 17.8 Å². The maximum Gasteiger partial charge on any atom is 0.0734 e. The van der Waals surface area contributed by atoms with Crippen LogP contribution in [0.4, 0.5) is 0 Å². The van der Waals surface area contributed by atoms with Crippen LogP contribution in [0.2, 0.25) is 5.02 Å². The average molecular weight is 199 g/mol. The number of rotatable bonds is 1. The number of nitrogens with one attached hydrogen (secondary N) is 1. The molecule has 1 N–H and O–H groups in total. The third-order valence-electron chi connectivity index (χ3n) is 2.02. The van der Waals surface area contributed by atoms with Crippen LogP contribution in [0.3, 0.4) is 0 Å². The van der Waals surface area contributed by atoms with Gasteiger partial charge in [-0.15, -0.1) is 0 Å². The Hall–Kier alpha value is -0.640. The van der Waals surface area contributed by atoms with E-state index in [1.54, 1.807) is 12.3 Å². The average Bonchev–Trinajstić information content (AvgIpc) is 2.19. The summed E-state index contributed by atoms with van der Waals surface area (Å²) in [6, 6.07) is 3.83. The maximum atomic E-state index is 5.86. The normalized spacial score (nSPS) is 23.0. The van der Waals surface area contributed by atoms with Gasteiger partial charge in [0.1, 0.15) is 0 Å². The molecule has 0 radical (unpaired) electrons. The Balaban J connectivity index is 2.14. The van der Waals surface area contributed by atoms with Crippen molar-refractivity contribution in [1.82, 2.24) is 10.3 Å². The minimum atomic E-state index is 0.187. The van der Waals surface area contributed by atoms with Crippen LogP contribution in [0.1, 0.15) is 11.7 Å². The lowest BCUT2D eigenvalue weighted by molar-refractivity contribution is 0.0756. The first-order chi connectivity index (χ1) is 6.36. The van der Waals surface area contributed by atoms with Gasteiger partial charge in [0.2, 0.25) is 0 Å². The highest BCUT2D eigenvalue weighted by molar-refractivity contribution is 6.30. The molecule has 1 saturated heterocycles. The number of aromatic nitrogens is 1. The Morgan fingerprint density at radius 1 is 1.62 bits per heavy atom. The molecule has 0 spiro atoms. The maximum absolute atomic E-state index is 5.86. The van der Waals surface area contributed by atoms with Crippen molar-refractivity contribution in [2.45, 2.75) is 6.04 Å². The highest BCUT2D eigenvalue weighted by atomic mass is 35.5. The molecule has 1 unspecified atom stereocenters. The van der Waals surface area contributed by atoms with Crippen LogP contribution < -0.4 is 5.32 Å². The van der Waals surface area contributed by atoms with Crippen molar-refractivity contribution >= 4 is 11.6 Å². The minimum absolute atomic E-state index is 0.187. The Labute approximate surface area is 82.1 Å². The molecule has 0 aliphatic carbocycles. The van der Waals surface area contributed by atoms with E-state index in [0.717, 1.165) is 23.9 Å². The van der Waals surface area contributed by atoms with E-state index in [1.165, 1.54) is 0 Å². The quantitative estimate of drug-likeness (QED) is 0.741. The summed E-state index contributed by atoms with van der Waals surface area (Å²) in [7, 11) is 0. The van der Waals surface area contributed by atoms with Crippen molar-refractivity contribution in [3.63, 3.8) is 0 Å². The molecule has 70 valence electrons. The van der Waals surface area contributed by atoms with Crippen LogP contribution in [0, 0.1) is 0 Å². The van der Waals surface area contributed by atoms with Crippen LogP contribution in [0.15, 0.2) is 18.3 Å². The first-order valence-corrected chi connectivity index (χ1v) is 4.66. The Kier molecular flexibility index (Phi) is 2.78. The molecule has 13 heavy (non-hydrogen) atoms. The second kappa shape index (κ2) is 4.05. The molecule has 0 bridgehead atoms. The van der Waals surface area contributed by atoms with E-state index in [0.29, 0.717) is 6.61 Å². The number of morpholine rings is 1. The smallest absolute Gasteiger partial charge is 0.0734 e. The number of halogens is 1. The van der Waals surface area contributed by atoms with Gasteiger partial charge in [-0.05, 0) is 12.1 Å². The van der Waals surface area contributed by atoms with Gasteiger partial charge in [0.25, 0.3) is 0 Å². The van der Waals surface area contributed by atoms with E-state index in [1.807, 2.05) is 6.07 Å². The standard InChI is InChI=1S/C9H11ClN2O/c10-7-1-2-11-8(5-7)9-6-13-4-3-12-9/h1-2,5,9,12H,3-4,6H2. The van der Waals surface area contributed by atoms with Gasteiger partial charge in [-0.3, -0.25) is 4.98 Å². The van der Waals surface area contributed by atoms with Gasteiger partial charge in [-0.2, -0.15) is 0 Å². The molecule has 2 heterocycles. The molecular weight excluding hydrogens is 188 g/mol. The molecule has 4 heteroatoms. The van der Waals surface area contributed by atoms with Crippen molar-refractivity contribution in [2.24, 2.45) is 0 Å². The number of nitrogens with zero attached hydrogens (tertiary/aromatic N) is 1. The van der Waals surface area contributed by atoms with Gasteiger partial charge >= 0.3 is 0 Å². The Bertz CT molecular complexity index is 287. The number of hydrogen-bond acceptors (Lipinski definition) is 3. The lowest BCUT2D eigenvalue weighted by Crippen LogP contribution is -2.35. The fourth-order valence-corrected chi connectivity index (χ4v) is 1.54. The zero-order valence-electron chi connectivity index (χ0n) is 7.16. The molecule has 0 aromatic carbocycles. The molecule has 1 atom stereocenters. The summed E-state index contributed by atoms with van der Waals surface area (Å²) in [5.74, 6) is 0. The van der Waals surface area contributed by atoms with Gasteiger partial charge in [0.15, 0.2) is 0 Å². The third-order valence-corrected chi connectivity index (χ3v) is 2.26. The fourth-order valence-electron chi connectivity index (χ4n) is 1.37. The zero-order chi connectivity index (χ0) is 9.10. The topological polar surface area (TPSA) is 34.1 Å². The lowest BCUT2D eigenvalue weighted by Gasteiger charge is -2.23. The summed E-state index contributed by atoms with van der Waals surface area (Å²) in [4.78, 5) is 4.24. The van der Waals surface area contributed by atoms with Crippen LogP contribution in [-0.2, 0) is 4.74 Å².